The minimum absolute atomic E-state index is 0.256. The summed E-state index contributed by atoms with van der Waals surface area (Å²) < 4.78 is 10.4. The molecule has 1 N–H and O–H groups in total. The van der Waals surface area contributed by atoms with Crippen molar-refractivity contribution >= 4 is 11.5 Å². The van der Waals surface area contributed by atoms with Gasteiger partial charge in [0.2, 0.25) is 5.79 Å². The van der Waals surface area contributed by atoms with Gasteiger partial charge in [-0.05, 0) is 37.0 Å². The van der Waals surface area contributed by atoms with Gasteiger partial charge in [0.25, 0.3) is 0 Å². The van der Waals surface area contributed by atoms with Crippen LogP contribution in [0.4, 0.5) is 0 Å². The molecule has 1 heterocycles. The molecule has 1 aliphatic rings. The smallest absolute Gasteiger partial charge is 0.330 e. The van der Waals surface area contributed by atoms with Gasteiger partial charge in [-0.1, -0.05) is 54.6 Å². The highest BCUT2D eigenvalue weighted by atomic mass is 16.6. The van der Waals surface area contributed by atoms with Gasteiger partial charge in [-0.2, -0.15) is 0 Å². The summed E-state index contributed by atoms with van der Waals surface area (Å²) in [5, 5.41) is 11.0. The lowest BCUT2D eigenvalue weighted by molar-refractivity contribution is -0.251. The molecule has 154 valence electrons. The Labute approximate surface area is 172 Å². The van der Waals surface area contributed by atoms with Gasteiger partial charge >= 0.3 is 5.97 Å². The van der Waals surface area contributed by atoms with Crippen LogP contribution in [0.2, 0.25) is 0 Å². The molecule has 0 aliphatic carbocycles. The Morgan fingerprint density at radius 3 is 2.59 bits per heavy atom. The maximum absolute atomic E-state index is 11.4. The van der Waals surface area contributed by atoms with Crippen LogP contribution in [0.5, 0.6) is 0 Å². The predicted octanol–water partition coefficient (Wildman–Crippen LogP) is 3.37. The first-order valence-electron chi connectivity index (χ1n) is 9.93. The Hall–Kier alpha value is -2.47. The highest BCUT2D eigenvalue weighted by Gasteiger charge is 2.37. The summed E-state index contributed by atoms with van der Waals surface area (Å²) in [6.07, 6.45) is 2.36. The van der Waals surface area contributed by atoms with Crippen LogP contribution in [-0.2, 0) is 26.5 Å². The summed E-state index contributed by atoms with van der Waals surface area (Å²) in [4.78, 5) is 13.7. The lowest BCUT2D eigenvalue weighted by Crippen LogP contribution is -2.53. The van der Waals surface area contributed by atoms with Crippen LogP contribution in [0, 0.1) is 0 Å². The van der Waals surface area contributed by atoms with E-state index in [0.717, 1.165) is 29.7 Å². The third-order valence-corrected chi connectivity index (χ3v) is 5.46. The standard InChI is InChI=1S/C24H29NO4/c1-18(15-23(26)28-3)21-11-9-20(10-12-21)16-19(2)25-13-14-29-24(27,17-25)22-7-5-4-6-8-22/h4-12,15,19,27H,13-14,16-17H2,1-3H3/b18-15+. The maximum Gasteiger partial charge on any atom is 0.330 e. The number of allylic oxidation sites excluding steroid dienone is 1. The maximum atomic E-state index is 11.4. The van der Waals surface area contributed by atoms with Gasteiger partial charge in [-0.25, -0.2) is 4.79 Å². The van der Waals surface area contributed by atoms with Gasteiger partial charge in [0.15, 0.2) is 0 Å². The van der Waals surface area contributed by atoms with Crippen molar-refractivity contribution in [2.75, 3.05) is 26.8 Å². The van der Waals surface area contributed by atoms with E-state index in [0.29, 0.717) is 13.2 Å². The highest BCUT2D eigenvalue weighted by Crippen LogP contribution is 2.28. The van der Waals surface area contributed by atoms with Crippen molar-refractivity contribution in [2.45, 2.75) is 32.1 Å². The number of hydrogen-bond donors (Lipinski definition) is 1. The van der Waals surface area contributed by atoms with Crippen LogP contribution in [0.25, 0.3) is 5.57 Å². The fourth-order valence-corrected chi connectivity index (χ4v) is 3.67. The van der Waals surface area contributed by atoms with Crippen LogP contribution in [0.15, 0.2) is 60.7 Å². The van der Waals surface area contributed by atoms with Crippen LogP contribution in [0.1, 0.15) is 30.5 Å². The average Bonchev–Trinajstić information content (AvgIpc) is 2.74. The SMILES string of the molecule is COC(=O)/C=C(\C)c1ccc(CC(C)N2CCOC(O)(c3ccccc3)C2)cc1. The van der Waals surface area contributed by atoms with Gasteiger partial charge in [-0.3, -0.25) is 4.90 Å². The van der Waals surface area contributed by atoms with Crippen LogP contribution >= 0.6 is 0 Å². The van der Waals surface area contributed by atoms with Crippen LogP contribution in [0.3, 0.4) is 0 Å². The van der Waals surface area contributed by atoms with E-state index in [1.54, 1.807) is 0 Å². The summed E-state index contributed by atoms with van der Waals surface area (Å²) in [6, 6.07) is 18.0. The molecule has 2 aromatic carbocycles. The first kappa shape index (κ1) is 21.2. The molecule has 2 unspecified atom stereocenters. The zero-order valence-electron chi connectivity index (χ0n) is 17.3. The normalized spacial score (nSPS) is 21.6. The lowest BCUT2D eigenvalue weighted by Gasteiger charge is -2.42. The molecule has 5 heteroatoms. The molecule has 5 nitrogen and oxygen atoms in total. The third kappa shape index (κ3) is 5.32. The number of aliphatic hydroxyl groups is 1. The highest BCUT2D eigenvalue weighted by molar-refractivity contribution is 5.90. The van der Waals surface area contributed by atoms with Crippen molar-refractivity contribution in [3.63, 3.8) is 0 Å². The molecule has 29 heavy (non-hydrogen) atoms. The van der Waals surface area contributed by atoms with Crippen LogP contribution in [-0.4, -0.2) is 48.8 Å². The van der Waals surface area contributed by atoms with E-state index in [1.807, 2.05) is 49.4 Å². The molecule has 0 bridgehead atoms. The van der Waals surface area contributed by atoms with Crippen molar-refractivity contribution < 1.29 is 19.4 Å². The van der Waals surface area contributed by atoms with Gasteiger partial charge in [0.05, 0.1) is 20.3 Å². The molecule has 1 fully saturated rings. The number of methoxy groups -OCH3 is 1. The van der Waals surface area contributed by atoms with Crippen LogP contribution < -0.4 is 0 Å². The van der Waals surface area contributed by atoms with Crippen molar-refractivity contribution in [3.8, 4) is 0 Å². The molecule has 0 radical (unpaired) electrons. The number of hydrogen-bond acceptors (Lipinski definition) is 5. The first-order valence-corrected chi connectivity index (χ1v) is 9.93. The summed E-state index contributed by atoms with van der Waals surface area (Å²) in [6.45, 7) is 5.79. The first-order chi connectivity index (χ1) is 13.9. The number of rotatable bonds is 6. The number of β-amino-alcohol motifs (C(OH)–C–C–N with tert-alkyl or cyclic N) is 1. The number of benzene rings is 2. The van der Waals surface area contributed by atoms with E-state index in [-0.39, 0.29) is 12.0 Å². The van der Waals surface area contributed by atoms with Crippen molar-refractivity contribution in [2.24, 2.45) is 0 Å². The number of nitrogens with zero attached hydrogens (tertiary/aromatic N) is 1. The molecule has 0 aromatic heterocycles. The quantitative estimate of drug-likeness (QED) is 0.600. The molecule has 1 saturated heterocycles. The van der Waals surface area contributed by atoms with Crippen molar-refractivity contribution in [3.05, 3.63) is 77.4 Å². The molecule has 0 amide bonds. The Balaban J connectivity index is 1.65. The third-order valence-electron chi connectivity index (χ3n) is 5.46. The average molecular weight is 395 g/mol. The molecule has 2 aromatic rings. The zero-order chi connectivity index (χ0) is 20.9. The second-order valence-electron chi connectivity index (χ2n) is 7.57. The fourth-order valence-electron chi connectivity index (χ4n) is 3.67. The molecule has 0 saturated carbocycles. The number of carbonyl (C=O) groups excluding carboxylic acids is 1. The molecular formula is C24H29NO4. The van der Waals surface area contributed by atoms with E-state index in [2.05, 4.69) is 28.7 Å². The summed E-state index contributed by atoms with van der Waals surface area (Å²) in [5.41, 5.74) is 3.87. The van der Waals surface area contributed by atoms with E-state index in [9.17, 15) is 9.90 Å². The molecule has 1 aliphatic heterocycles. The van der Waals surface area contributed by atoms with E-state index in [1.165, 1.54) is 18.7 Å². The molecular weight excluding hydrogens is 366 g/mol. The minimum atomic E-state index is -1.27. The monoisotopic (exact) mass is 395 g/mol. The minimum Gasteiger partial charge on any atom is -0.466 e. The Morgan fingerprint density at radius 1 is 1.24 bits per heavy atom. The Morgan fingerprint density at radius 2 is 1.93 bits per heavy atom. The number of ether oxygens (including phenoxy) is 2. The number of morpholine rings is 1. The second-order valence-corrected chi connectivity index (χ2v) is 7.57. The molecule has 0 spiro atoms. The summed E-state index contributed by atoms with van der Waals surface area (Å²) in [5.74, 6) is -1.62. The lowest BCUT2D eigenvalue weighted by atomic mass is 9.99. The Bertz CT molecular complexity index is 847. The van der Waals surface area contributed by atoms with Gasteiger partial charge in [0, 0.05) is 24.2 Å². The second kappa shape index (κ2) is 9.35. The van der Waals surface area contributed by atoms with Crippen molar-refractivity contribution in [1.82, 2.24) is 4.90 Å². The molecule has 3 rings (SSSR count). The predicted molar refractivity (Wildman–Crippen MR) is 113 cm³/mol. The number of carbonyl (C=O) groups is 1. The van der Waals surface area contributed by atoms with Gasteiger partial charge in [0.1, 0.15) is 0 Å². The van der Waals surface area contributed by atoms with Crippen molar-refractivity contribution in [1.29, 1.82) is 0 Å². The summed E-state index contributed by atoms with van der Waals surface area (Å²) in [7, 11) is 1.38. The van der Waals surface area contributed by atoms with Gasteiger partial charge < -0.3 is 14.6 Å². The molecule has 2 atom stereocenters. The van der Waals surface area contributed by atoms with E-state index < -0.39 is 5.79 Å². The topological polar surface area (TPSA) is 59.0 Å². The summed E-state index contributed by atoms with van der Waals surface area (Å²) >= 11 is 0. The fraction of sp³-hybridized carbons (Fsp3) is 0.375. The Kier molecular flexibility index (Phi) is 6.85. The van der Waals surface area contributed by atoms with E-state index >= 15 is 0 Å². The van der Waals surface area contributed by atoms with Gasteiger partial charge in [-0.15, -0.1) is 0 Å². The number of esters is 1. The zero-order valence-corrected chi connectivity index (χ0v) is 17.3. The van der Waals surface area contributed by atoms with E-state index in [4.69, 9.17) is 4.74 Å². The largest absolute Gasteiger partial charge is 0.466 e.